The van der Waals surface area contributed by atoms with Gasteiger partial charge >= 0.3 is 6.18 Å². The van der Waals surface area contributed by atoms with Crippen molar-refractivity contribution in [1.29, 1.82) is 0 Å². The molecule has 3 aliphatic rings. The Morgan fingerprint density at radius 3 is 2.36 bits per heavy atom. The number of halogens is 3. The molecule has 4 heterocycles. The first-order valence-corrected chi connectivity index (χ1v) is 19.6. The zero-order valence-electron chi connectivity index (χ0n) is 33.0. The number of benzene rings is 2. The summed E-state index contributed by atoms with van der Waals surface area (Å²) in [5.74, 6) is -1.52. The van der Waals surface area contributed by atoms with Crippen molar-refractivity contribution in [2.24, 2.45) is 0 Å². The van der Waals surface area contributed by atoms with E-state index in [1.807, 2.05) is 0 Å². The van der Waals surface area contributed by atoms with Gasteiger partial charge in [0, 0.05) is 57.1 Å². The summed E-state index contributed by atoms with van der Waals surface area (Å²) in [4.78, 5) is 77.4. The molecular formula is C41H47F3N8O7. The van der Waals surface area contributed by atoms with Crippen LogP contribution in [0.15, 0.2) is 54.9 Å². The van der Waals surface area contributed by atoms with Crippen LogP contribution in [0, 0.1) is 0 Å². The van der Waals surface area contributed by atoms with Gasteiger partial charge in [0.1, 0.15) is 28.9 Å². The summed E-state index contributed by atoms with van der Waals surface area (Å²) < 4.78 is 51.1. The number of carbonyl (C=O) groups is 5. The molecule has 0 radical (unpaired) electrons. The van der Waals surface area contributed by atoms with Crippen molar-refractivity contribution in [2.45, 2.75) is 70.0 Å². The van der Waals surface area contributed by atoms with E-state index in [1.54, 1.807) is 40.1 Å². The lowest BCUT2D eigenvalue weighted by Crippen LogP contribution is -2.51. The molecule has 3 N–H and O–H groups in total. The lowest BCUT2D eigenvalue weighted by molar-refractivity contribution is -0.137. The van der Waals surface area contributed by atoms with Gasteiger partial charge in [0.15, 0.2) is 0 Å². The first-order chi connectivity index (χ1) is 28.3. The van der Waals surface area contributed by atoms with Gasteiger partial charge in [-0.2, -0.15) is 18.2 Å². The molecule has 2 aromatic carbocycles. The smallest absolute Gasteiger partial charge is 0.421 e. The minimum atomic E-state index is -4.63. The van der Waals surface area contributed by atoms with Gasteiger partial charge in [0.25, 0.3) is 17.7 Å². The molecule has 3 aromatic rings. The van der Waals surface area contributed by atoms with Gasteiger partial charge in [-0.25, -0.2) is 4.98 Å². The highest BCUT2D eigenvalue weighted by molar-refractivity contribution is 6.24. The van der Waals surface area contributed by atoms with Crippen molar-refractivity contribution in [3.8, 4) is 11.5 Å². The van der Waals surface area contributed by atoms with Crippen LogP contribution in [-0.2, 0) is 15.8 Å². The van der Waals surface area contributed by atoms with Crippen LogP contribution in [0.4, 0.5) is 30.6 Å². The highest BCUT2D eigenvalue weighted by Gasteiger charge is 2.45. The number of fused-ring (bicyclic) bond motifs is 1. The predicted molar refractivity (Wildman–Crippen MR) is 210 cm³/mol. The fourth-order valence-corrected chi connectivity index (χ4v) is 7.34. The number of hydrogen-bond acceptors (Lipinski definition) is 11. The first kappa shape index (κ1) is 42.4. The minimum Gasteiger partial charge on any atom is -0.495 e. The molecule has 1 aromatic heterocycles. The monoisotopic (exact) mass is 820 g/mol. The summed E-state index contributed by atoms with van der Waals surface area (Å²) in [6.07, 6.45) is 2.44. The van der Waals surface area contributed by atoms with Gasteiger partial charge in [0.2, 0.25) is 17.8 Å². The van der Waals surface area contributed by atoms with E-state index in [2.05, 4.69) is 32.5 Å². The zero-order valence-corrected chi connectivity index (χ0v) is 33.0. The van der Waals surface area contributed by atoms with Gasteiger partial charge < -0.3 is 35.2 Å². The summed E-state index contributed by atoms with van der Waals surface area (Å²) >= 11 is 0. The molecule has 0 bridgehead atoms. The van der Waals surface area contributed by atoms with Crippen LogP contribution in [0.2, 0.25) is 0 Å². The number of anilines is 3. The number of ether oxygens (including phenoxy) is 2. The Balaban J connectivity index is 0.872. The molecule has 1 atom stereocenters. The van der Waals surface area contributed by atoms with Crippen LogP contribution >= 0.6 is 0 Å². The third-order valence-corrected chi connectivity index (χ3v) is 10.5. The second kappa shape index (κ2) is 18.6. The van der Waals surface area contributed by atoms with Crippen molar-refractivity contribution in [3.05, 3.63) is 77.1 Å². The van der Waals surface area contributed by atoms with Gasteiger partial charge in [0.05, 0.1) is 30.5 Å². The number of piperidine rings is 1. The fraction of sp³-hybridized carbons (Fsp3) is 0.439. The molecule has 1 unspecified atom stereocenters. The number of hydrogen-bond donors (Lipinski definition) is 3. The topological polar surface area (TPSA) is 175 Å². The lowest BCUT2D eigenvalue weighted by Gasteiger charge is -2.35. The number of aromatic nitrogens is 2. The normalized spacial score (nSPS) is 16.8. The SMILES string of the molecule is C=C1CCC(N2C(=O)c3cccc(OCCCCCCCCC(=O)N4CCN(C(=O)c5ccc(Nc6ncc(C(F)(F)F)c(NC)n6)c(OC)c5)CC4)c3C2=O)C(=O)N1. The van der Waals surface area contributed by atoms with Crippen molar-refractivity contribution < 1.29 is 46.6 Å². The van der Waals surface area contributed by atoms with Crippen molar-refractivity contribution >= 4 is 47.0 Å². The van der Waals surface area contributed by atoms with Crippen LogP contribution < -0.4 is 25.4 Å². The van der Waals surface area contributed by atoms with Crippen LogP contribution in [-0.4, -0.2) is 107 Å². The molecule has 6 rings (SSSR count). The Kier molecular flexibility index (Phi) is 13.4. The van der Waals surface area contributed by atoms with E-state index in [1.165, 1.54) is 20.2 Å². The standard InChI is InChI=1S/C41H47F3N8O7/c1-25-14-17-30(36(54)47-25)52-38(56)27-11-10-12-31(34(27)39(52)57)59-22-9-7-5-4-6-8-13-33(53)50-18-20-51(21-19-50)37(55)26-15-16-29(32(23-26)58-3)48-40-46-24-28(41(42,43)44)35(45-2)49-40/h10-12,15-16,23-24,30H,1,4-9,13-14,17-22H2,2-3H3,(H,47,54)(H2,45,46,48,49). The Labute approximate surface area is 339 Å². The summed E-state index contributed by atoms with van der Waals surface area (Å²) in [7, 11) is 2.73. The van der Waals surface area contributed by atoms with Crippen molar-refractivity contribution in [3.63, 3.8) is 0 Å². The molecule has 2 fully saturated rings. The van der Waals surface area contributed by atoms with E-state index in [4.69, 9.17) is 9.47 Å². The number of amides is 5. The average Bonchev–Trinajstić information content (AvgIpc) is 3.48. The first-order valence-electron chi connectivity index (χ1n) is 19.6. The molecule has 0 spiro atoms. The zero-order chi connectivity index (χ0) is 42.3. The number of methoxy groups -OCH3 is 1. The molecule has 59 heavy (non-hydrogen) atoms. The third kappa shape index (κ3) is 9.75. The van der Waals surface area contributed by atoms with Crippen molar-refractivity contribution in [2.75, 3.05) is 57.6 Å². The number of imide groups is 1. The number of nitrogens with zero attached hydrogens (tertiary/aromatic N) is 5. The molecular weight excluding hydrogens is 773 g/mol. The number of rotatable bonds is 16. The van der Waals surface area contributed by atoms with E-state index in [0.717, 1.165) is 43.4 Å². The van der Waals surface area contributed by atoms with E-state index in [9.17, 15) is 37.1 Å². The minimum absolute atomic E-state index is 0.0473. The number of alkyl halides is 3. The summed E-state index contributed by atoms with van der Waals surface area (Å²) in [5.41, 5.74) is 0.688. The fourth-order valence-electron chi connectivity index (χ4n) is 7.34. The Morgan fingerprint density at radius 2 is 1.66 bits per heavy atom. The predicted octanol–water partition coefficient (Wildman–Crippen LogP) is 5.77. The molecule has 18 heteroatoms. The number of nitrogens with one attached hydrogen (secondary N) is 3. The van der Waals surface area contributed by atoms with E-state index in [-0.39, 0.29) is 34.6 Å². The third-order valence-electron chi connectivity index (χ3n) is 10.5. The lowest BCUT2D eigenvalue weighted by atomic mass is 10.0. The van der Waals surface area contributed by atoms with Crippen LogP contribution in [0.5, 0.6) is 11.5 Å². The van der Waals surface area contributed by atoms with Crippen LogP contribution in [0.25, 0.3) is 0 Å². The molecule has 5 amide bonds. The molecule has 314 valence electrons. The summed E-state index contributed by atoms with van der Waals surface area (Å²) in [6.45, 7) is 5.68. The second-order valence-electron chi connectivity index (χ2n) is 14.4. The van der Waals surface area contributed by atoms with E-state index >= 15 is 0 Å². The number of carbonyl (C=O) groups excluding carboxylic acids is 5. The maximum Gasteiger partial charge on any atom is 0.421 e. The maximum atomic E-state index is 13.4. The molecule has 0 aliphatic carbocycles. The molecule has 15 nitrogen and oxygen atoms in total. The average molecular weight is 821 g/mol. The van der Waals surface area contributed by atoms with Gasteiger partial charge in [-0.15, -0.1) is 0 Å². The van der Waals surface area contributed by atoms with Crippen LogP contribution in [0.3, 0.4) is 0 Å². The number of piperazine rings is 1. The molecule has 2 saturated heterocycles. The Morgan fingerprint density at radius 1 is 0.949 bits per heavy atom. The van der Waals surface area contributed by atoms with Crippen molar-refractivity contribution in [1.82, 2.24) is 30.0 Å². The Bertz CT molecular complexity index is 2100. The van der Waals surface area contributed by atoms with Crippen LogP contribution in [0.1, 0.15) is 94.4 Å². The highest BCUT2D eigenvalue weighted by atomic mass is 19.4. The van der Waals surface area contributed by atoms with E-state index < -0.39 is 41.3 Å². The van der Waals surface area contributed by atoms with Gasteiger partial charge in [-0.05, 0) is 56.0 Å². The number of unbranched alkanes of at least 4 members (excludes halogenated alkanes) is 5. The Hall–Kier alpha value is -6.20. The highest BCUT2D eigenvalue weighted by Crippen LogP contribution is 2.36. The van der Waals surface area contributed by atoms with E-state index in [0.29, 0.717) is 80.9 Å². The largest absolute Gasteiger partial charge is 0.495 e. The van der Waals surface area contributed by atoms with Gasteiger partial charge in [-0.3, -0.25) is 28.9 Å². The number of allylic oxidation sites excluding steroid dienone is 1. The summed E-state index contributed by atoms with van der Waals surface area (Å²) in [5, 5.41) is 7.90. The summed E-state index contributed by atoms with van der Waals surface area (Å²) in [6, 6.07) is 8.69. The maximum absolute atomic E-state index is 13.4. The quantitative estimate of drug-likeness (QED) is 0.118. The second-order valence-corrected chi connectivity index (χ2v) is 14.4. The van der Waals surface area contributed by atoms with Gasteiger partial charge in [-0.1, -0.05) is 38.3 Å². The molecule has 0 saturated carbocycles. The molecule has 3 aliphatic heterocycles.